The molecule has 96 valence electrons. The van der Waals surface area contributed by atoms with Gasteiger partial charge in [-0.05, 0) is 31.4 Å². The lowest BCUT2D eigenvalue weighted by Gasteiger charge is -2.23. The Morgan fingerprint density at radius 1 is 1.67 bits per heavy atom. The lowest BCUT2D eigenvalue weighted by atomic mass is 10.0. The molecule has 1 aromatic rings. The molecular formula is C14H18N2O2. The van der Waals surface area contributed by atoms with Gasteiger partial charge in [0, 0.05) is 6.04 Å². The molecule has 1 saturated carbocycles. The van der Waals surface area contributed by atoms with Crippen molar-refractivity contribution in [3.63, 3.8) is 0 Å². The summed E-state index contributed by atoms with van der Waals surface area (Å²) in [5.74, 6) is 0.229. The maximum Gasteiger partial charge on any atom is 0.240 e. The molecule has 2 rings (SSSR count). The summed E-state index contributed by atoms with van der Waals surface area (Å²) in [5.41, 5.74) is 0. The van der Waals surface area contributed by atoms with E-state index in [0.717, 1.165) is 25.0 Å². The molecule has 1 unspecified atom stereocenters. The molecule has 4 nitrogen and oxygen atoms in total. The molecule has 1 atom stereocenters. The third kappa shape index (κ3) is 2.92. The largest absolute Gasteiger partial charge is 0.467 e. The van der Waals surface area contributed by atoms with E-state index in [1.807, 2.05) is 24.0 Å². The first-order valence-electron chi connectivity index (χ1n) is 6.48. The number of hydrogen-bond donors (Lipinski definition) is 0. The minimum absolute atomic E-state index is 0.0433. The van der Waals surface area contributed by atoms with Crippen molar-refractivity contribution in [2.24, 2.45) is 5.92 Å². The molecule has 1 heterocycles. The van der Waals surface area contributed by atoms with Gasteiger partial charge < -0.3 is 9.32 Å². The Bertz CT molecular complexity index is 429. The first-order valence-corrected chi connectivity index (χ1v) is 6.48. The molecule has 0 spiro atoms. The molecule has 1 fully saturated rings. The van der Waals surface area contributed by atoms with E-state index in [4.69, 9.17) is 9.68 Å². The molecule has 1 aliphatic rings. The van der Waals surface area contributed by atoms with Gasteiger partial charge in [-0.25, -0.2) is 0 Å². The second-order valence-electron chi connectivity index (χ2n) is 4.75. The van der Waals surface area contributed by atoms with Gasteiger partial charge in [-0.3, -0.25) is 4.79 Å². The van der Waals surface area contributed by atoms with Crippen molar-refractivity contribution in [2.75, 3.05) is 0 Å². The summed E-state index contributed by atoms with van der Waals surface area (Å²) in [6, 6.07) is 6.11. The number of rotatable bonds is 6. The van der Waals surface area contributed by atoms with Crippen LogP contribution >= 0.6 is 0 Å². The average Bonchev–Trinajstić information content (AvgIpc) is 3.09. The van der Waals surface area contributed by atoms with Crippen LogP contribution in [0.25, 0.3) is 0 Å². The van der Waals surface area contributed by atoms with Crippen LogP contribution in [0.2, 0.25) is 0 Å². The summed E-state index contributed by atoms with van der Waals surface area (Å²) in [6.45, 7) is 2.48. The second kappa shape index (κ2) is 5.72. The Kier molecular flexibility index (Phi) is 4.03. The van der Waals surface area contributed by atoms with E-state index < -0.39 is 5.92 Å². The van der Waals surface area contributed by atoms with Gasteiger partial charge in [0.15, 0.2) is 0 Å². The Balaban J connectivity index is 2.05. The molecule has 1 amide bonds. The van der Waals surface area contributed by atoms with Gasteiger partial charge in [0.25, 0.3) is 0 Å². The SMILES string of the molecule is CCCC(C#N)C(=O)N(Cc1ccco1)C1CC1. The fourth-order valence-electron chi connectivity index (χ4n) is 2.08. The number of amides is 1. The maximum atomic E-state index is 12.3. The van der Waals surface area contributed by atoms with Gasteiger partial charge in [0.05, 0.1) is 18.9 Å². The molecule has 0 radical (unpaired) electrons. The van der Waals surface area contributed by atoms with Crippen molar-refractivity contribution in [3.05, 3.63) is 24.2 Å². The highest BCUT2D eigenvalue weighted by atomic mass is 16.3. The number of nitrogens with zero attached hydrogens (tertiary/aromatic N) is 2. The molecule has 18 heavy (non-hydrogen) atoms. The number of carbonyl (C=O) groups excluding carboxylic acids is 1. The highest BCUT2D eigenvalue weighted by Gasteiger charge is 2.36. The summed E-state index contributed by atoms with van der Waals surface area (Å²) >= 11 is 0. The molecular weight excluding hydrogens is 228 g/mol. The van der Waals surface area contributed by atoms with Crippen molar-refractivity contribution in [1.82, 2.24) is 4.90 Å². The van der Waals surface area contributed by atoms with Crippen LogP contribution in [-0.2, 0) is 11.3 Å². The topological polar surface area (TPSA) is 57.2 Å². The summed E-state index contributed by atoms with van der Waals surface area (Å²) in [4.78, 5) is 14.1. The van der Waals surface area contributed by atoms with E-state index in [9.17, 15) is 4.79 Å². The van der Waals surface area contributed by atoms with Gasteiger partial charge >= 0.3 is 0 Å². The fourth-order valence-corrected chi connectivity index (χ4v) is 2.08. The van der Waals surface area contributed by atoms with Crippen LogP contribution in [0.3, 0.4) is 0 Å². The summed E-state index contributed by atoms with van der Waals surface area (Å²) < 4.78 is 5.29. The molecule has 0 N–H and O–H groups in total. The lowest BCUT2D eigenvalue weighted by Crippen LogP contribution is -2.36. The Morgan fingerprint density at radius 2 is 2.44 bits per heavy atom. The number of furan rings is 1. The van der Waals surface area contributed by atoms with Gasteiger partial charge in [-0.15, -0.1) is 0 Å². The predicted octanol–water partition coefficient (Wildman–Crippen LogP) is 2.71. The van der Waals surface area contributed by atoms with Crippen molar-refractivity contribution < 1.29 is 9.21 Å². The molecule has 0 bridgehead atoms. The summed E-state index contributed by atoms with van der Waals surface area (Å²) in [7, 11) is 0. The van der Waals surface area contributed by atoms with Gasteiger partial charge in [-0.2, -0.15) is 5.26 Å². The first-order chi connectivity index (χ1) is 8.76. The number of nitriles is 1. The van der Waals surface area contributed by atoms with Crippen LogP contribution in [0, 0.1) is 17.2 Å². The lowest BCUT2D eigenvalue weighted by molar-refractivity contribution is -0.135. The van der Waals surface area contributed by atoms with E-state index in [0.29, 0.717) is 19.0 Å². The van der Waals surface area contributed by atoms with Crippen LogP contribution in [0.4, 0.5) is 0 Å². The van der Waals surface area contributed by atoms with Crippen LogP contribution < -0.4 is 0 Å². The first kappa shape index (κ1) is 12.7. The van der Waals surface area contributed by atoms with Crippen LogP contribution in [0.15, 0.2) is 22.8 Å². The van der Waals surface area contributed by atoms with Gasteiger partial charge in [0.2, 0.25) is 5.91 Å². The minimum Gasteiger partial charge on any atom is -0.467 e. The Morgan fingerprint density at radius 3 is 2.94 bits per heavy atom. The van der Waals surface area contributed by atoms with E-state index in [1.165, 1.54) is 0 Å². The van der Waals surface area contributed by atoms with Crippen molar-refractivity contribution in [3.8, 4) is 6.07 Å². The highest BCUT2D eigenvalue weighted by Crippen LogP contribution is 2.30. The maximum absolute atomic E-state index is 12.3. The summed E-state index contributed by atoms with van der Waals surface area (Å²) in [5, 5.41) is 9.08. The van der Waals surface area contributed by atoms with Crippen LogP contribution in [0.1, 0.15) is 38.4 Å². The zero-order valence-corrected chi connectivity index (χ0v) is 10.6. The fraction of sp³-hybridized carbons (Fsp3) is 0.571. The monoisotopic (exact) mass is 246 g/mol. The normalized spacial score (nSPS) is 16.0. The summed E-state index contributed by atoms with van der Waals surface area (Å²) in [6.07, 6.45) is 5.17. The van der Waals surface area contributed by atoms with Crippen molar-refractivity contribution in [1.29, 1.82) is 5.26 Å². The van der Waals surface area contributed by atoms with Crippen LogP contribution in [0.5, 0.6) is 0 Å². The zero-order chi connectivity index (χ0) is 13.0. The van der Waals surface area contributed by atoms with Gasteiger partial charge in [0.1, 0.15) is 11.7 Å². The smallest absolute Gasteiger partial charge is 0.240 e. The molecule has 1 aliphatic carbocycles. The quantitative estimate of drug-likeness (QED) is 0.775. The number of carbonyl (C=O) groups is 1. The van der Waals surface area contributed by atoms with E-state index in [1.54, 1.807) is 6.26 Å². The predicted molar refractivity (Wildman–Crippen MR) is 66.3 cm³/mol. The third-order valence-corrected chi connectivity index (χ3v) is 3.21. The molecule has 4 heteroatoms. The Hall–Kier alpha value is -1.76. The van der Waals surface area contributed by atoms with Crippen LogP contribution in [-0.4, -0.2) is 16.8 Å². The van der Waals surface area contributed by atoms with Crippen molar-refractivity contribution in [2.45, 2.75) is 45.2 Å². The molecule has 1 aromatic heterocycles. The standard InChI is InChI=1S/C14H18N2O2/c1-2-4-11(9-15)14(17)16(12-6-7-12)10-13-5-3-8-18-13/h3,5,8,11-12H,2,4,6-7,10H2,1H3. The minimum atomic E-state index is -0.509. The molecule has 0 aliphatic heterocycles. The second-order valence-corrected chi connectivity index (χ2v) is 4.75. The van der Waals surface area contributed by atoms with E-state index in [-0.39, 0.29) is 5.91 Å². The number of hydrogen-bond acceptors (Lipinski definition) is 3. The third-order valence-electron chi connectivity index (χ3n) is 3.21. The van der Waals surface area contributed by atoms with Gasteiger partial charge in [-0.1, -0.05) is 13.3 Å². The zero-order valence-electron chi connectivity index (χ0n) is 10.6. The average molecular weight is 246 g/mol. The van der Waals surface area contributed by atoms with Crippen molar-refractivity contribution >= 4 is 5.91 Å². The Labute approximate surface area is 107 Å². The highest BCUT2D eigenvalue weighted by molar-refractivity contribution is 5.81. The molecule has 0 saturated heterocycles. The van der Waals surface area contributed by atoms with E-state index in [2.05, 4.69) is 6.07 Å². The molecule has 0 aromatic carbocycles. The van der Waals surface area contributed by atoms with E-state index >= 15 is 0 Å².